The van der Waals surface area contributed by atoms with E-state index in [0.717, 1.165) is 11.6 Å². The van der Waals surface area contributed by atoms with Crippen molar-refractivity contribution in [3.8, 4) is 28.4 Å². The summed E-state index contributed by atoms with van der Waals surface area (Å²) in [4.78, 5) is 44.1. The molecule has 2 aliphatic heterocycles. The molecule has 4 aromatic rings. The van der Waals surface area contributed by atoms with Gasteiger partial charge in [-0.3, -0.25) is 4.98 Å². The van der Waals surface area contributed by atoms with Crippen LogP contribution in [0.3, 0.4) is 0 Å². The fraction of sp³-hybridized carbons (Fsp3) is 0.424. The number of carbonyl (C=O) groups is 1. The second kappa shape index (κ2) is 11.5. The van der Waals surface area contributed by atoms with Gasteiger partial charge in [0.25, 0.3) is 0 Å². The molecule has 242 valence electrons. The van der Waals surface area contributed by atoms with E-state index in [1.165, 1.54) is 16.7 Å². The van der Waals surface area contributed by atoms with Crippen LogP contribution < -0.4 is 20.1 Å². The van der Waals surface area contributed by atoms with E-state index in [0.29, 0.717) is 17.9 Å². The summed E-state index contributed by atoms with van der Waals surface area (Å²) in [6.45, 7) is 13.7. The molecule has 0 unspecified atom stereocenters. The standard InChI is InChI=1S/C33H36F2N6O5/c1-17(2)25-27(18(3)10-11-36-25)41-30-20(14-22(35)26(37-30)24-21(34)8-9-23-28(24)45-16-44-23)29(38-31(41)42)40-13-12-39(15-19(40)4)32(43)46-33(5,6)7/h8-11,14,17,19H,12-13,15-16H2,1-7H3/t19-/m0/s1. The molecule has 3 aromatic heterocycles. The summed E-state index contributed by atoms with van der Waals surface area (Å²) in [7, 11) is 0. The van der Waals surface area contributed by atoms with Gasteiger partial charge in [-0.25, -0.2) is 27.9 Å². The Morgan fingerprint density at radius 3 is 2.54 bits per heavy atom. The molecule has 0 bridgehead atoms. The van der Waals surface area contributed by atoms with Crippen molar-refractivity contribution in [2.24, 2.45) is 0 Å². The predicted octanol–water partition coefficient (Wildman–Crippen LogP) is 5.73. The highest BCUT2D eigenvalue weighted by Crippen LogP contribution is 2.44. The van der Waals surface area contributed by atoms with E-state index in [4.69, 9.17) is 14.2 Å². The summed E-state index contributed by atoms with van der Waals surface area (Å²) in [5, 5.41) is 0.238. The number of pyridine rings is 2. The zero-order valence-electron chi connectivity index (χ0n) is 26.9. The number of rotatable bonds is 4. The summed E-state index contributed by atoms with van der Waals surface area (Å²) in [6.07, 6.45) is 1.22. The maximum atomic E-state index is 16.2. The molecule has 0 spiro atoms. The molecule has 46 heavy (non-hydrogen) atoms. The number of fused-ring (bicyclic) bond motifs is 2. The van der Waals surface area contributed by atoms with Crippen molar-refractivity contribution in [1.82, 2.24) is 24.4 Å². The normalized spacial score (nSPS) is 16.4. The molecule has 1 atom stereocenters. The van der Waals surface area contributed by atoms with Gasteiger partial charge in [-0.2, -0.15) is 4.98 Å². The Labute approximate surface area is 264 Å². The number of ether oxygens (including phenoxy) is 3. The minimum atomic E-state index is -0.837. The number of hydrogen-bond acceptors (Lipinski definition) is 9. The van der Waals surface area contributed by atoms with Crippen molar-refractivity contribution in [3.05, 3.63) is 63.8 Å². The first-order chi connectivity index (χ1) is 21.7. The summed E-state index contributed by atoms with van der Waals surface area (Å²) >= 11 is 0. The van der Waals surface area contributed by atoms with Crippen LogP contribution in [0.1, 0.15) is 58.7 Å². The lowest BCUT2D eigenvalue weighted by atomic mass is 10.0. The molecule has 1 fully saturated rings. The molecule has 0 saturated carbocycles. The smallest absolute Gasteiger partial charge is 0.410 e. The molecule has 5 heterocycles. The average Bonchev–Trinajstić information content (AvgIpc) is 3.45. The van der Waals surface area contributed by atoms with Crippen LogP contribution in [0.2, 0.25) is 0 Å². The molecule has 6 rings (SSSR count). The van der Waals surface area contributed by atoms with Crippen LogP contribution in [0.5, 0.6) is 11.5 Å². The predicted molar refractivity (Wildman–Crippen MR) is 168 cm³/mol. The number of anilines is 1. The third kappa shape index (κ3) is 5.47. The molecular weight excluding hydrogens is 598 g/mol. The fourth-order valence-corrected chi connectivity index (χ4v) is 5.92. The van der Waals surface area contributed by atoms with Crippen LogP contribution in [0.4, 0.5) is 19.4 Å². The Morgan fingerprint density at radius 2 is 1.85 bits per heavy atom. The van der Waals surface area contributed by atoms with E-state index in [9.17, 15) is 9.59 Å². The number of piperazine rings is 1. The maximum absolute atomic E-state index is 16.2. The lowest BCUT2D eigenvalue weighted by Crippen LogP contribution is -2.55. The van der Waals surface area contributed by atoms with E-state index in [1.807, 2.05) is 32.6 Å². The lowest BCUT2D eigenvalue weighted by molar-refractivity contribution is 0.0218. The van der Waals surface area contributed by atoms with Crippen molar-refractivity contribution in [1.29, 1.82) is 0 Å². The Morgan fingerprint density at radius 1 is 1.09 bits per heavy atom. The number of amides is 1. The lowest BCUT2D eigenvalue weighted by Gasteiger charge is -2.41. The summed E-state index contributed by atoms with van der Waals surface area (Å²) in [5.41, 5.74) is 0.0208. The quantitative estimate of drug-likeness (QED) is 0.278. The van der Waals surface area contributed by atoms with Crippen LogP contribution in [0.25, 0.3) is 28.0 Å². The first-order valence-electron chi connectivity index (χ1n) is 15.2. The number of aryl methyl sites for hydroxylation is 1. The maximum Gasteiger partial charge on any atom is 0.410 e. The topological polar surface area (TPSA) is 112 Å². The average molecular weight is 635 g/mol. The number of carbonyl (C=O) groups excluding carboxylic acids is 1. The first-order valence-corrected chi connectivity index (χ1v) is 15.2. The summed E-state index contributed by atoms with van der Waals surface area (Å²) < 4.78 is 49.4. The largest absolute Gasteiger partial charge is 0.454 e. The molecule has 2 aliphatic rings. The van der Waals surface area contributed by atoms with Gasteiger partial charge < -0.3 is 24.0 Å². The number of nitrogens with zero attached hydrogens (tertiary/aromatic N) is 6. The molecule has 0 aliphatic carbocycles. The molecule has 0 radical (unpaired) electrons. The number of halogens is 2. The molecular formula is C33H36F2N6O5. The highest BCUT2D eigenvalue weighted by Gasteiger charge is 2.34. The SMILES string of the molecule is Cc1ccnc(C(C)C)c1-n1c(=O)nc(N2CCN(C(=O)OC(C)(C)C)C[C@@H]2C)c2cc(F)c(-c3c(F)ccc4c3OCO4)nc21. The Kier molecular flexibility index (Phi) is 7.81. The van der Waals surface area contributed by atoms with E-state index < -0.39 is 29.0 Å². The Bertz CT molecular complexity index is 1920. The summed E-state index contributed by atoms with van der Waals surface area (Å²) in [5.74, 6) is -1.19. The Balaban J connectivity index is 1.57. The highest BCUT2D eigenvalue weighted by molar-refractivity contribution is 5.91. The molecule has 11 nitrogen and oxygen atoms in total. The minimum Gasteiger partial charge on any atom is -0.454 e. The van der Waals surface area contributed by atoms with Gasteiger partial charge in [-0.15, -0.1) is 0 Å². The first kappa shape index (κ1) is 31.2. The van der Waals surface area contributed by atoms with Gasteiger partial charge in [-0.1, -0.05) is 13.8 Å². The van der Waals surface area contributed by atoms with Crippen molar-refractivity contribution in [2.75, 3.05) is 31.3 Å². The van der Waals surface area contributed by atoms with Crippen molar-refractivity contribution >= 4 is 22.9 Å². The van der Waals surface area contributed by atoms with E-state index in [2.05, 4.69) is 15.0 Å². The van der Waals surface area contributed by atoms with E-state index in [-0.39, 0.29) is 71.4 Å². The van der Waals surface area contributed by atoms with Crippen LogP contribution in [-0.4, -0.2) is 68.6 Å². The van der Waals surface area contributed by atoms with Gasteiger partial charge in [-0.05, 0) is 70.4 Å². The highest BCUT2D eigenvalue weighted by atomic mass is 19.1. The van der Waals surface area contributed by atoms with Crippen LogP contribution in [0.15, 0.2) is 35.3 Å². The van der Waals surface area contributed by atoms with Crippen molar-refractivity contribution < 1.29 is 27.8 Å². The van der Waals surface area contributed by atoms with Gasteiger partial charge in [0.2, 0.25) is 6.79 Å². The minimum absolute atomic E-state index is 0.0289. The Hall–Kier alpha value is -4.81. The fourth-order valence-electron chi connectivity index (χ4n) is 5.92. The van der Waals surface area contributed by atoms with Crippen LogP contribution in [0, 0.1) is 18.6 Å². The van der Waals surface area contributed by atoms with Gasteiger partial charge in [0.15, 0.2) is 23.0 Å². The third-order valence-electron chi connectivity index (χ3n) is 8.00. The zero-order valence-corrected chi connectivity index (χ0v) is 26.9. The van der Waals surface area contributed by atoms with Crippen LogP contribution >= 0.6 is 0 Å². The van der Waals surface area contributed by atoms with Gasteiger partial charge in [0, 0.05) is 31.9 Å². The summed E-state index contributed by atoms with van der Waals surface area (Å²) in [6, 6.07) is 5.24. The number of aromatic nitrogens is 4. The van der Waals surface area contributed by atoms with Gasteiger partial charge >= 0.3 is 11.8 Å². The molecule has 13 heteroatoms. The molecule has 1 saturated heterocycles. The van der Waals surface area contributed by atoms with E-state index in [1.54, 1.807) is 37.9 Å². The number of hydrogen-bond donors (Lipinski definition) is 0. The van der Waals surface area contributed by atoms with E-state index >= 15 is 8.78 Å². The monoisotopic (exact) mass is 634 g/mol. The molecule has 1 amide bonds. The zero-order chi connectivity index (χ0) is 33.1. The van der Waals surface area contributed by atoms with Gasteiger partial charge in [0.05, 0.1) is 22.3 Å². The third-order valence-corrected chi connectivity index (χ3v) is 8.00. The second-order valence-electron chi connectivity index (χ2n) is 12.9. The van der Waals surface area contributed by atoms with Crippen molar-refractivity contribution in [2.45, 2.75) is 66.0 Å². The molecule has 1 aromatic carbocycles. The van der Waals surface area contributed by atoms with Crippen molar-refractivity contribution in [3.63, 3.8) is 0 Å². The van der Waals surface area contributed by atoms with Gasteiger partial charge in [0.1, 0.15) is 22.9 Å². The number of benzene rings is 1. The molecule has 0 N–H and O–H groups in total. The van der Waals surface area contributed by atoms with Crippen LogP contribution in [-0.2, 0) is 4.74 Å². The second-order valence-corrected chi connectivity index (χ2v) is 12.9.